The van der Waals surface area contributed by atoms with Crippen molar-refractivity contribution in [1.29, 1.82) is 0 Å². The summed E-state index contributed by atoms with van der Waals surface area (Å²) in [5.41, 5.74) is 2.73. The number of para-hydroxylation sites is 1. The number of allylic oxidation sites excluding steroid dienone is 1. The zero-order chi connectivity index (χ0) is 18.8. The monoisotopic (exact) mass is 352 g/mol. The second-order valence-electron chi connectivity index (χ2n) is 6.12. The van der Waals surface area contributed by atoms with Gasteiger partial charge in [-0.1, -0.05) is 39.0 Å². The van der Waals surface area contributed by atoms with E-state index in [0.29, 0.717) is 24.5 Å². The highest BCUT2D eigenvalue weighted by Crippen LogP contribution is 2.24. The van der Waals surface area contributed by atoms with Gasteiger partial charge in [-0.2, -0.15) is 0 Å². The van der Waals surface area contributed by atoms with Crippen molar-refractivity contribution >= 4 is 11.9 Å². The van der Waals surface area contributed by atoms with Crippen molar-refractivity contribution in [2.24, 2.45) is 0 Å². The van der Waals surface area contributed by atoms with Crippen LogP contribution < -0.4 is 9.47 Å². The minimum absolute atomic E-state index is 0.0694. The van der Waals surface area contributed by atoms with E-state index >= 15 is 0 Å². The van der Waals surface area contributed by atoms with Crippen LogP contribution in [-0.4, -0.2) is 19.0 Å². The van der Waals surface area contributed by atoms with Gasteiger partial charge in [0, 0.05) is 5.56 Å². The molecule has 0 saturated heterocycles. The molecule has 0 unspecified atom stereocenters. The first-order valence-corrected chi connectivity index (χ1v) is 9.39. The van der Waals surface area contributed by atoms with Gasteiger partial charge in [-0.3, -0.25) is 4.79 Å². The second kappa shape index (κ2) is 10.4. The van der Waals surface area contributed by atoms with Crippen molar-refractivity contribution in [1.82, 2.24) is 0 Å². The third-order valence-corrected chi connectivity index (χ3v) is 3.97. The Labute approximate surface area is 156 Å². The molecule has 2 aromatic carbocycles. The molecule has 0 bridgehead atoms. The molecule has 0 aliphatic rings. The van der Waals surface area contributed by atoms with Gasteiger partial charge in [0.15, 0.2) is 5.78 Å². The third kappa shape index (κ3) is 5.48. The highest BCUT2D eigenvalue weighted by Gasteiger charge is 2.10. The molecule has 0 aliphatic carbocycles. The molecule has 0 fully saturated rings. The summed E-state index contributed by atoms with van der Waals surface area (Å²) in [4.78, 5) is 12.7. The van der Waals surface area contributed by atoms with Gasteiger partial charge in [0.25, 0.3) is 0 Å². The lowest BCUT2D eigenvalue weighted by atomic mass is 10.0. The molecule has 0 N–H and O–H groups in total. The Morgan fingerprint density at radius 1 is 0.923 bits per heavy atom. The molecule has 0 radical (unpaired) electrons. The fourth-order valence-electron chi connectivity index (χ4n) is 2.55. The Hall–Kier alpha value is -2.55. The van der Waals surface area contributed by atoms with E-state index in [1.54, 1.807) is 12.1 Å². The highest BCUT2D eigenvalue weighted by atomic mass is 16.5. The van der Waals surface area contributed by atoms with E-state index in [9.17, 15) is 4.79 Å². The van der Waals surface area contributed by atoms with Crippen molar-refractivity contribution in [3.63, 3.8) is 0 Å². The fraction of sp³-hybridized carbons (Fsp3) is 0.348. The fourth-order valence-corrected chi connectivity index (χ4v) is 2.55. The predicted molar refractivity (Wildman–Crippen MR) is 107 cm³/mol. The number of ketones is 1. The smallest absolute Gasteiger partial charge is 0.189 e. The normalized spacial score (nSPS) is 10.9. The largest absolute Gasteiger partial charge is 0.493 e. The molecule has 0 heterocycles. The lowest BCUT2D eigenvalue weighted by Crippen LogP contribution is -2.03. The molecule has 26 heavy (non-hydrogen) atoms. The van der Waals surface area contributed by atoms with Gasteiger partial charge in [0.1, 0.15) is 11.5 Å². The molecular weight excluding hydrogens is 324 g/mol. The lowest BCUT2D eigenvalue weighted by molar-refractivity contribution is 0.104. The number of hydrogen-bond acceptors (Lipinski definition) is 3. The molecule has 0 aliphatic heterocycles. The van der Waals surface area contributed by atoms with Crippen LogP contribution in [0, 0.1) is 0 Å². The Morgan fingerprint density at radius 3 is 2.31 bits per heavy atom. The van der Waals surface area contributed by atoms with Crippen molar-refractivity contribution in [3.05, 3.63) is 65.2 Å². The number of rotatable bonds is 10. The molecule has 3 heteroatoms. The van der Waals surface area contributed by atoms with E-state index in [1.807, 2.05) is 37.3 Å². The maximum absolute atomic E-state index is 12.7. The maximum Gasteiger partial charge on any atom is 0.189 e. The van der Waals surface area contributed by atoms with Crippen LogP contribution in [0.1, 0.15) is 55.1 Å². The summed E-state index contributed by atoms with van der Waals surface area (Å²) < 4.78 is 11.5. The number of aryl methyl sites for hydroxylation is 1. The van der Waals surface area contributed by atoms with Crippen LogP contribution in [0.2, 0.25) is 0 Å². The Morgan fingerprint density at radius 2 is 1.62 bits per heavy atom. The predicted octanol–water partition coefficient (Wildman–Crippen LogP) is 5.72. The SMILES string of the molecule is CCCOc1ccc(CC)cc1C=CC(=O)c1ccccc1OCCC. The lowest BCUT2D eigenvalue weighted by Gasteiger charge is -2.10. The molecule has 2 rings (SSSR count). The van der Waals surface area contributed by atoms with Crippen molar-refractivity contribution < 1.29 is 14.3 Å². The van der Waals surface area contributed by atoms with Gasteiger partial charge in [-0.25, -0.2) is 0 Å². The average molecular weight is 352 g/mol. The van der Waals surface area contributed by atoms with E-state index in [2.05, 4.69) is 26.0 Å². The Kier molecular flexibility index (Phi) is 7.94. The first-order chi connectivity index (χ1) is 12.7. The topological polar surface area (TPSA) is 35.5 Å². The molecule has 3 nitrogen and oxygen atoms in total. The quantitative estimate of drug-likeness (QED) is 0.405. The summed E-state index contributed by atoms with van der Waals surface area (Å²) >= 11 is 0. The first kappa shape index (κ1) is 19.8. The van der Waals surface area contributed by atoms with Crippen LogP contribution in [0.3, 0.4) is 0 Å². The Balaban J connectivity index is 2.24. The van der Waals surface area contributed by atoms with Crippen LogP contribution >= 0.6 is 0 Å². The summed E-state index contributed by atoms with van der Waals surface area (Å²) in [5, 5.41) is 0. The van der Waals surface area contributed by atoms with E-state index in [1.165, 1.54) is 5.56 Å². The first-order valence-electron chi connectivity index (χ1n) is 9.39. The van der Waals surface area contributed by atoms with Crippen LogP contribution in [0.25, 0.3) is 6.08 Å². The van der Waals surface area contributed by atoms with E-state index < -0.39 is 0 Å². The van der Waals surface area contributed by atoms with Gasteiger partial charge in [-0.05, 0) is 61.2 Å². The molecule has 0 aromatic heterocycles. The molecule has 0 saturated carbocycles. The standard InChI is InChI=1S/C23H28O3/c1-4-15-25-22-14-11-18(6-3)17-19(22)12-13-21(24)20-9-7-8-10-23(20)26-16-5-2/h7-14,17H,4-6,15-16H2,1-3H3. The molecule has 138 valence electrons. The van der Waals surface area contributed by atoms with Crippen molar-refractivity contribution in [2.75, 3.05) is 13.2 Å². The molecule has 0 amide bonds. The zero-order valence-corrected chi connectivity index (χ0v) is 16.0. The van der Waals surface area contributed by atoms with Gasteiger partial charge < -0.3 is 9.47 Å². The Bertz CT molecular complexity index is 747. The molecule has 2 aromatic rings. The van der Waals surface area contributed by atoms with E-state index in [0.717, 1.165) is 30.6 Å². The minimum atomic E-state index is -0.0694. The highest BCUT2D eigenvalue weighted by molar-refractivity contribution is 6.08. The van der Waals surface area contributed by atoms with Gasteiger partial charge in [0.05, 0.1) is 18.8 Å². The number of carbonyl (C=O) groups excluding carboxylic acids is 1. The van der Waals surface area contributed by atoms with Crippen LogP contribution in [0.5, 0.6) is 11.5 Å². The molecular formula is C23H28O3. The average Bonchev–Trinajstić information content (AvgIpc) is 2.69. The molecule has 0 atom stereocenters. The number of carbonyl (C=O) groups is 1. The number of benzene rings is 2. The summed E-state index contributed by atoms with van der Waals surface area (Å²) in [6.45, 7) is 7.49. The number of ether oxygens (including phenoxy) is 2. The van der Waals surface area contributed by atoms with Gasteiger partial charge >= 0.3 is 0 Å². The number of hydrogen-bond donors (Lipinski definition) is 0. The zero-order valence-electron chi connectivity index (χ0n) is 16.0. The van der Waals surface area contributed by atoms with Gasteiger partial charge in [-0.15, -0.1) is 0 Å². The van der Waals surface area contributed by atoms with E-state index in [4.69, 9.17) is 9.47 Å². The van der Waals surface area contributed by atoms with Crippen LogP contribution in [0.15, 0.2) is 48.5 Å². The van der Waals surface area contributed by atoms with Crippen molar-refractivity contribution in [3.8, 4) is 11.5 Å². The summed E-state index contributed by atoms with van der Waals surface area (Å²) in [7, 11) is 0. The van der Waals surface area contributed by atoms with Gasteiger partial charge in [0.2, 0.25) is 0 Å². The van der Waals surface area contributed by atoms with Crippen molar-refractivity contribution in [2.45, 2.75) is 40.0 Å². The van der Waals surface area contributed by atoms with E-state index in [-0.39, 0.29) is 5.78 Å². The summed E-state index contributed by atoms with van der Waals surface area (Å²) in [6, 6.07) is 13.5. The summed E-state index contributed by atoms with van der Waals surface area (Å²) in [5.74, 6) is 1.37. The third-order valence-electron chi connectivity index (χ3n) is 3.97. The summed E-state index contributed by atoms with van der Waals surface area (Å²) in [6.07, 6.45) is 6.22. The second-order valence-corrected chi connectivity index (χ2v) is 6.12. The molecule has 0 spiro atoms. The maximum atomic E-state index is 12.7. The van der Waals surface area contributed by atoms with Crippen LogP contribution in [0.4, 0.5) is 0 Å². The minimum Gasteiger partial charge on any atom is -0.493 e. The van der Waals surface area contributed by atoms with Crippen LogP contribution in [-0.2, 0) is 6.42 Å².